The van der Waals surface area contributed by atoms with Crippen LogP contribution >= 0.6 is 7.82 Å². The van der Waals surface area contributed by atoms with Gasteiger partial charge in [0.1, 0.15) is 6.61 Å². The van der Waals surface area contributed by atoms with Crippen LogP contribution in [0.5, 0.6) is 0 Å². The zero-order chi connectivity index (χ0) is 32.0. The smallest absolute Gasteiger partial charge is 0.462 e. The van der Waals surface area contributed by atoms with Gasteiger partial charge in [0.15, 0.2) is 6.10 Å². The number of phosphoric ester groups is 1. The molecule has 0 heterocycles. The lowest BCUT2D eigenvalue weighted by atomic mass is 10.0. The normalized spacial score (nSPS) is 12.2. The van der Waals surface area contributed by atoms with Crippen molar-refractivity contribution in [2.75, 3.05) is 19.8 Å². The third-order valence-corrected chi connectivity index (χ3v) is 7.81. The number of esters is 2. The van der Waals surface area contributed by atoms with Crippen molar-refractivity contribution >= 4 is 25.7 Å². The Labute approximate surface area is 261 Å². The quantitative estimate of drug-likeness (QED) is 0.0396. The van der Waals surface area contributed by atoms with Crippen molar-refractivity contribution in [1.82, 2.24) is 5.32 Å². The maximum atomic E-state index is 12.2. The summed E-state index contributed by atoms with van der Waals surface area (Å²) in [6.45, 7) is 3.68. The van der Waals surface area contributed by atoms with E-state index in [4.69, 9.17) is 19.3 Å². The number of carbonyl (C=O) groups is 3. The van der Waals surface area contributed by atoms with Crippen LogP contribution in [0.1, 0.15) is 162 Å². The van der Waals surface area contributed by atoms with Crippen LogP contribution in [-0.2, 0) is 32.9 Å². The van der Waals surface area contributed by atoms with Gasteiger partial charge in [0.2, 0.25) is 5.91 Å². The average molecular weight is 636 g/mol. The highest BCUT2D eigenvalue weighted by Gasteiger charge is 2.22. The molecule has 1 amide bonds. The van der Waals surface area contributed by atoms with Crippen molar-refractivity contribution < 1.29 is 42.7 Å². The average Bonchev–Trinajstić information content (AvgIpc) is 2.95. The fourth-order valence-electron chi connectivity index (χ4n) is 4.81. The maximum Gasteiger partial charge on any atom is 0.469 e. The highest BCUT2D eigenvalue weighted by molar-refractivity contribution is 7.46. The summed E-state index contributed by atoms with van der Waals surface area (Å²) in [7, 11) is -4.74. The van der Waals surface area contributed by atoms with E-state index in [9.17, 15) is 18.9 Å². The van der Waals surface area contributed by atoms with E-state index in [1.807, 2.05) is 0 Å². The van der Waals surface area contributed by atoms with Gasteiger partial charge in [-0.05, 0) is 19.3 Å². The lowest BCUT2D eigenvalue weighted by Gasteiger charge is -2.18. The molecule has 0 fully saturated rings. The maximum absolute atomic E-state index is 12.2. The molecule has 0 aliphatic rings. The van der Waals surface area contributed by atoms with Crippen LogP contribution in [0.4, 0.5) is 0 Å². The van der Waals surface area contributed by atoms with Crippen molar-refractivity contribution in [3.63, 3.8) is 0 Å². The Balaban J connectivity index is 3.88. The number of nitrogens with one attached hydrogen (secondary N) is 1. The second kappa shape index (κ2) is 29.2. The minimum absolute atomic E-state index is 0.0439. The molecule has 0 aromatic rings. The third kappa shape index (κ3) is 33.3. The fourth-order valence-corrected chi connectivity index (χ4v) is 5.17. The predicted molar refractivity (Wildman–Crippen MR) is 169 cm³/mol. The second-order valence-electron chi connectivity index (χ2n) is 11.6. The summed E-state index contributed by atoms with van der Waals surface area (Å²) >= 11 is 0. The van der Waals surface area contributed by atoms with E-state index in [2.05, 4.69) is 16.8 Å². The molecule has 0 aromatic carbocycles. The second-order valence-corrected chi connectivity index (χ2v) is 12.9. The van der Waals surface area contributed by atoms with Crippen LogP contribution < -0.4 is 5.32 Å². The van der Waals surface area contributed by atoms with E-state index >= 15 is 0 Å². The van der Waals surface area contributed by atoms with Crippen LogP contribution in [0.15, 0.2) is 0 Å². The summed E-state index contributed by atoms with van der Waals surface area (Å²) < 4.78 is 26.1. The Kier molecular flexibility index (Phi) is 28.2. The van der Waals surface area contributed by atoms with Gasteiger partial charge in [0.25, 0.3) is 0 Å². The minimum atomic E-state index is -4.74. The van der Waals surface area contributed by atoms with Crippen LogP contribution in [0.3, 0.4) is 0 Å². The fraction of sp³-hybridized carbons (Fsp3) is 0.906. The van der Waals surface area contributed by atoms with Gasteiger partial charge >= 0.3 is 19.8 Å². The molecule has 0 radical (unpaired) electrons. The number of carbonyl (C=O) groups excluding carboxylic acids is 3. The summed E-state index contributed by atoms with van der Waals surface area (Å²) in [5.74, 6) is -0.866. The Morgan fingerprint density at radius 2 is 1.05 bits per heavy atom. The standard InChI is InChI=1S/C32H62NO9P/c1-3-4-5-6-7-15-19-22-25-32(36)42-30(28-41-43(37,38)39)27-40-31(35)24-21-18-16-13-11-9-8-10-12-14-17-20-23-26-33-29(2)34/h30H,3-28H2,1-2H3,(H,33,34)(H2,37,38,39)/t30-/m0/s1. The van der Waals surface area contributed by atoms with E-state index < -0.39 is 32.5 Å². The molecule has 0 spiro atoms. The number of unbranched alkanes of at least 4 members (excludes halogenated alkanes) is 19. The van der Waals surface area contributed by atoms with Crippen molar-refractivity contribution in [2.24, 2.45) is 0 Å². The molecule has 0 saturated carbocycles. The van der Waals surface area contributed by atoms with Gasteiger partial charge in [-0.25, -0.2) is 4.57 Å². The molecule has 0 aliphatic heterocycles. The first-order valence-corrected chi connectivity index (χ1v) is 18.5. The Morgan fingerprint density at radius 3 is 1.49 bits per heavy atom. The molecule has 10 nitrogen and oxygen atoms in total. The number of ether oxygens (including phenoxy) is 2. The van der Waals surface area contributed by atoms with Gasteiger partial charge < -0.3 is 24.6 Å². The Morgan fingerprint density at radius 1 is 0.628 bits per heavy atom. The van der Waals surface area contributed by atoms with Gasteiger partial charge in [-0.3, -0.25) is 18.9 Å². The number of hydrogen-bond acceptors (Lipinski definition) is 7. The van der Waals surface area contributed by atoms with Gasteiger partial charge in [-0.15, -0.1) is 0 Å². The predicted octanol–water partition coefficient (Wildman–Crippen LogP) is 7.68. The van der Waals surface area contributed by atoms with Gasteiger partial charge in [0.05, 0.1) is 6.61 Å². The first-order valence-electron chi connectivity index (χ1n) is 16.9. The summed E-state index contributed by atoms with van der Waals surface area (Å²) in [5, 5.41) is 2.83. The Bertz CT molecular complexity index is 744. The van der Waals surface area contributed by atoms with Gasteiger partial charge in [0, 0.05) is 26.3 Å². The van der Waals surface area contributed by atoms with Crippen LogP contribution in [0, 0.1) is 0 Å². The summed E-state index contributed by atoms with van der Waals surface area (Å²) in [6.07, 6.45) is 22.9. The molecule has 0 unspecified atom stereocenters. The van der Waals surface area contributed by atoms with Gasteiger partial charge in [-0.1, -0.05) is 122 Å². The molecular weight excluding hydrogens is 573 g/mol. The monoisotopic (exact) mass is 635 g/mol. The summed E-state index contributed by atoms with van der Waals surface area (Å²) in [6, 6.07) is 0. The number of amides is 1. The lowest BCUT2D eigenvalue weighted by Crippen LogP contribution is -2.29. The molecule has 0 rings (SSSR count). The van der Waals surface area contributed by atoms with Crippen molar-refractivity contribution in [3.8, 4) is 0 Å². The largest absolute Gasteiger partial charge is 0.469 e. The van der Waals surface area contributed by atoms with Crippen molar-refractivity contribution in [1.29, 1.82) is 0 Å². The highest BCUT2D eigenvalue weighted by Crippen LogP contribution is 2.36. The molecule has 0 aromatic heterocycles. The number of rotatable bonds is 31. The van der Waals surface area contributed by atoms with E-state index in [-0.39, 0.29) is 25.4 Å². The van der Waals surface area contributed by atoms with Crippen molar-refractivity contribution in [2.45, 2.75) is 168 Å². The summed E-state index contributed by atoms with van der Waals surface area (Å²) in [4.78, 5) is 53.2. The zero-order valence-electron chi connectivity index (χ0n) is 27.2. The van der Waals surface area contributed by atoms with Crippen LogP contribution in [-0.4, -0.2) is 53.5 Å². The van der Waals surface area contributed by atoms with Crippen molar-refractivity contribution in [3.05, 3.63) is 0 Å². The molecule has 3 N–H and O–H groups in total. The molecule has 43 heavy (non-hydrogen) atoms. The third-order valence-electron chi connectivity index (χ3n) is 7.32. The first kappa shape index (κ1) is 41.5. The molecule has 1 atom stereocenters. The molecular formula is C32H62NO9P. The number of hydrogen-bond donors (Lipinski definition) is 3. The van der Waals surface area contributed by atoms with E-state index in [0.717, 1.165) is 51.5 Å². The van der Waals surface area contributed by atoms with E-state index in [1.165, 1.54) is 77.0 Å². The molecule has 254 valence electrons. The summed E-state index contributed by atoms with van der Waals surface area (Å²) in [5.41, 5.74) is 0. The molecule has 0 bridgehead atoms. The molecule has 0 saturated heterocycles. The highest BCUT2D eigenvalue weighted by atomic mass is 31.2. The topological polar surface area (TPSA) is 148 Å². The Hall–Kier alpha value is -1.48. The zero-order valence-corrected chi connectivity index (χ0v) is 28.1. The van der Waals surface area contributed by atoms with Gasteiger partial charge in [-0.2, -0.15) is 0 Å². The van der Waals surface area contributed by atoms with E-state index in [0.29, 0.717) is 12.8 Å². The van der Waals surface area contributed by atoms with Crippen LogP contribution in [0.2, 0.25) is 0 Å². The molecule has 0 aliphatic carbocycles. The first-order chi connectivity index (χ1) is 20.6. The van der Waals surface area contributed by atoms with E-state index in [1.54, 1.807) is 6.92 Å². The molecule has 11 heteroatoms. The van der Waals surface area contributed by atoms with Crippen LogP contribution in [0.25, 0.3) is 0 Å². The SMILES string of the molecule is CCCCCCCCCCC(=O)O[C@@H](COC(=O)CCCCCCCCCCCCCCCNC(C)=O)COP(=O)(O)O. The number of phosphoric acid groups is 1. The lowest BCUT2D eigenvalue weighted by molar-refractivity contribution is -0.161. The minimum Gasteiger partial charge on any atom is -0.462 e.